The predicted molar refractivity (Wildman–Crippen MR) is 98.5 cm³/mol. The molecule has 128 valence electrons. The number of rotatable bonds is 6. The van der Waals surface area contributed by atoms with Crippen LogP contribution in [0.25, 0.3) is 0 Å². The van der Waals surface area contributed by atoms with Gasteiger partial charge in [-0.25, -0.2) is 0 Å². The van der Waals surface area contributed by atoms with Crippen molar-refractivity contribution in [3.63, 3.8) is 0 Å². The first kappa shape index (κ1) is 18.1. The maximum atomic E-state index is 12.3. The van der Waals surface area contributed by atoms with Gasteiger partial charge in [-0.2, -0.15) is 0 Å². The van der Waals surface area contributed by atoms with Crippen molar-refractivity contribution in [2.45, 2.75) is 47.1 Å². The molecule has 2 aromatic rings. The Morgan fingerprint density at radius 3 is 2.50 bits per heavy atom. The van der Waals surface area contributed by atoms with E-state index in [1.165, 1.54) is 16.7 Å². The van der Waals surface area contributed by atoms with Gasteiger partial charge < -0.3 is 10.1 Å². The second-order valence-electron chi connectivity index (χ2n) is 6.38. The summed E-state index contributed by atoms with van der Waals surface area (Å²) in [5.41, 5.74) is 5.85. The molecule has 0 fully saturated rings. The van der Waals surface area contributed by atoms with Gasteiger partial charge in [-0.1, -0.05) is 42.8 Å². The van der Waals surface area contributed by atoms with Crippen LogP contribution in [0, 0.1) is 27.7 Å². The van der Waals surface area contributed by atoms with E-state index in [1.54, 1.807) is 0 Å². The Kier molecular flexibility index (Phi) is 6.02. The summed E-state index contributed by atoms with van der Waals surface area (Å²) >= 11 is 0. The number of hydrogen-bond donors (Lipinski definition) is 1. The van der Waals surface area contributed by atoms with Gasteiger partial charge in [0.25, 0.3) is 5.91 Å². The van der Waals surface area contributed by atoms with Crippen molar-refractivity contribution in [2.24, 2.45) is 0 Å². The summed E-state index contributed by atoms with van der Waals surface area (Å²) in [5, 5.41) is 3.08. The van der Waals surface area contributed by atoms with E-state index in [4.69, 9.17) is 4.74 Å². The number of nitrogens with one attached hydrogen (secondary N) is 1. The lowest BCUT2D eigenvalue weighted by Gasteiger charge is -2.20. The number of hydrogen-bond acceptors (Lipinski definition) is 2. The van der Waals surface area contributed by atoms with E-state index in [2.05, 4.69) is 44.3 Å². The van der Waals surface area contributed by atoms with Crippen LogP contribution in [0.1, 0.15) is 47.2 Å². The topological polar surface area (TPSA) is 38.3 Å². The van der Waals surface area contributed by atoms with Crippen molar-refractivity contribution in [1.82, 2.24) is 5.32 Å². The van der Waals surface area contributed by atoms with Crippen molar-refractivity contribution in [3.8, 4) is 5.75 Å². The second-order valence-corrected chi connectivity index (χ2v) is 6.38. The number of amides is 1. The van der Waals surface area contributed by atoms with Crippen LogP contribution in [0.5, 0.6) is 5.75 Å². The van der Waals surface area contributed by atoms with Gasteiger partial charge in [0.2, 0.25) is 0 Å². The fourth-order valence-corrected chi connectivity index (χ4v) is 2.88. The molecule has 0 heterocycles. The molecule has 24 heavy (non-hydrogen) atoms. The molecule has 0 saturated heterocycles. The molecule has 0 bridgehead atoms. The SMILES string of the molecule is CC[C@@H](NC(=O)COc1cccc(C)c1C)c1ccc(C)cc1C. The lowest BCUT2D eigenvalue weighted by molar-refractivity contribution is -0.123. The molecule has 0 radical (unpaired) electrons. The first-order valence-corrected chi connectivity index (χ1v) is 8.48. The van der Waals surface area contributed by atoms with Gasteiger partial charge in [0.15, 0.2) is 6.61 Å². The largest absolute Gasteiger partial charge is 0.483 e. The molecule has 0 aromatic heterocycles. The van der Waals surface area contributed by atoms with E-state index >= 15 is 0 Å². The summed E-state index contributed by atoms with van der Waals surface area (Å²) in [4.78, 5) is 12.3. The highest BCUT2D eigenvalue weighted by Crippen LogP contribution is 2.22. The van der Waals surface area contributed by atoms with E-state index < -0.39 is 0 Å². The molecule has 0 aliphatic carbocycles. The average molecular weight is 325 g/mol. The predicted octanol–water partition coefficient (Wildman–Crippen LogP) is 4.57. The van der Waals surface area contributed by atoms with Crippen LogP contribution in [-0.4, -0.2) is 12.5 Å². The van der Waals surface area contributed by atoms with E-state index in [0.29, 0.717) is 0 Å². The monoisotopic (exact) mass is 325 g/mol. The Morgan fingerprint density at radius 2 is 1.83 bits per heavy atom. The van der Waals surface area contributed by atoms with Crippen LogP contribution >= 0.6 is 0 Å². The Hall–Kier alpha value is -2.29. The number of ether oxygens (including phenoxy) is 1. The first-order chi connectivity index (χ1) is 11.4. The Bertz CT molecular complexity index is 722. The van der Waals surface area contributed by atoms with E-state index in [-0.39, 0.29) is 18.6 Å². The van der Waals surface area contributed by atoms with Gasteiger partial charge in [0.1, 0.15) is 5.75 Å². The molecule has 3 nitrogen and oxygen atoms in total. The molecule has 3 heteroatoms. The summed E-state index contributed by atoms with van der Waals surface area (Å²) in [7, 11) is 0. The van der Waals surface area contributed by atoms with Crippen LogP contribution in [0.3, 0.4) is 0 Å². The maximum Gasteiger partial charge on any atom is 0.258 e. The summed E-state index contributed by atoms with van der Waals surface area (Å²) < 4.78 is 5.70. The van der Waals surface area contributed by atoms with E-state index in [1.807, 2.05) is 32.0 Å². The molecule has 1 atom stereocenters. The smallest absolute Gasteiger partial charge is 0.258 e. The van der Waals surface area contributed by atoms with E-state index in [0.717, 1.165) is 23.3 Å². The fraction of sp³-hybridized carbons (Fsp3) is 0.381. The first-order valence-electron chi connectivity index (χ1n) is 8.48. The zero-order chi connectivity index (χ0) is 17.7. The third-order valence-electron chi connectivity index (χ3n) is 4.46. The lowest BCUT2D eigenvalue weighted by atomic mass is 9.97. The summed E-state index contributed by atoms with van der Waals surface area (Å²) in [5.74, 6) is 0.674. The highest BCUT2D eigenvalue weighted by Gasteiger charge is 2.15. The average Bonchev–Trinajstić information content (AvgIpc) is 2.54. The molecule has 0 aliphatic rings. The fourth-order valence-electron chi connectivity index (χ4n) is 2.88. The van der Waals surface area contributed by atoms with Crippen LogP contribution < -0.4 is 10.1 Å². The highest BCUT2D eigenvalue weighted by atomic mass is 16.5. The van der Waals surface area contributed by atoms with Crippen LogP contribution in [0.15, 0.2) is 36.4 Å². The van der Waals surface area contributed by atoms with Gasteiger partial charge in [-0.05, 0) is 62.4 Å². The van der Waals surface area contributed by atoms with Gasteiger partial charge in [-0.15, -0.1) is 0 Å². The van der Waals surface area contributed by atoms with Gasteiger partial charge >= 0.3 is 0 Å². The Morgan fingerprint density at radius 1 is 1.08 bits per heavy atom. The Balaban J connectivity index is 2.00. The molecule has 0 unspecified atom stereocenters. The standard InChI is InChI=1S/C21H27NO2/c1-6-19(18-11-10-14(2)12-16(18)4)22-21(23)13-24-20-9-7-8-15(3)17(20)5/h7-12,19H,6,13H2,1-5H3,(H,22,23)/t19-/m1/s1. The minimum Gasteiger partial charge on any atom is -0.483 e. The third-order valence-corrected chi connectivity index (χ3v) is 4.46. The molecule has 1 amide bonds. The van der Waals surface area contributed by atoms with Crippen LogP contribution in [-0.2, 0) is 4.79 Å². The zero-order valence-corrected chi connectivity index (χ0v) is 15.3. The lowest BCUT2D eigenvalue weighted by Crippen LogP contribution is -2.32. The summed E-state index contributed by atoms with van der Waals surface area (Å²) in [6.07, 6.45) is 0.846. The molecular weight excluding hydrogens is 298 g/mol. The third kappa shape index (κ3) is 4.38. The highest BCUT2D eigenvalue weighted by molar-refractivity contribution is 5.78. The molecule has 1 N–H and O–H groups in total. The van der Waals surface area contributed by atoms with Crippen molar-refractivity contribution in [3.05, 3.63) is 64.2 Å². The molecule has 2 rings (SSSR count). The van der Waals surface area contributed by atoms with Crippen molar-refractivity contribution >= 4 is 5.91 Å². The summed E-state index contributed by atoms with van der Waals surface area (Å²) in [6, 6.07) is 12.2. The minimum absolute atomic E-state index is 0.0142. The zero-order valence-electron chi connectivity index (χ0n) is 15.3. The van der Waals surface area contributed by atoms with Crippen LogP contribution in [0.2, 0.25) is 0 Å². The van der Waals surface area contributed by atoms with Gasteiger partial charge in [0.05, 0.1) is 6.04 Å². The van der Waals surface area contributed by atoms with Crippen molar-refractivity contribution in [1.29, 1.82) is 0 Å². The number of benzene rings is 2. The molecule has 0 saturated carbocycles. The molecule has 0 aliphatic heterocycles. The Labute approximate surface area is 145 Å². The molecular formula is C21H27NO2. The van der Waals surface area contributed by atoms with Gasteiger partial charge in [0, 0.05) is 0 Å². The van der Waals surface area contributed by atoms with E-state index in [9.17, 15) is 4.79 Å². The minimum atomic E-state index is -0.0947. The number of carbonyl (C=O) groups excluding carboxylic acids is 1. The second kappa shape index (κ2) is 8.00. The molecule has 2 aromatic carbocycles. The van der Waals surface area contributed by atoms with Crippen molar-refractivity contribution in [2.75, 3.05) is 6.61 Å². The molecule has 0 spiro atoms. The quantitative estimate of drug-likeness (QED) is 0.845. The maximum absolute atomic E-state index is 12.3. The normalized spacial score (nSPS) is 11.9. The number of aryl methyl sites for hydroxylation is 3. The number of carbonyl (C=O) groups is 1. The van der Waals surface area contributed by atoms with Gasteiger partial charge in [-0.3, -0.25) is 4.79 Å². The van der Waals surface area contributed by atoms with Crippen LogP contribution in [0.4, 0.5) is 0 Å². The van der Waals surface area contributed by atoms with Crippen molar-refractivity contribution < 1.29 is 9.53 Å². The summed E-state index contributed by atoms with van der Waals surface area (Å²) in [6.45, 7) is 10.3.